The van der Waals surface area contributed by atoms with Gasteiger partial charge in [0.25, 0.3) is 0 Å². The summed E-state index contributed by atoms with van der Waals surface area (Å²) in [4.78, 5) is 0. The van der Waals surface area contributed by atoms with E-state index in [0.717, 1.165) is 39.1 Å². The Morgan fingerprint density at radius 2 is 1.80 bits per heavy atom. The number of rotatable bonds is 3. The van der Waals surface area contributed by atoms with Crippen LogP contribution >= 0.6 is 11.6 Å². The highest BCUT2D eigenvalue weighted by Gasteiger charge is 2.17. The van der Waals surface area contributed by atoms with Gasteiger partial charge in [-0.15, -0.1) is 0 Å². The third kappa shape index (κ3) is 2.11. The lowest BCUT2D eigenvalue weighted by atomic mass is 9.94. The Labute approximate surface area is 123 Å². The maximum atomic E-state index is 6.45. The monoisotopic (exact) mass is 285 g/mol. The molecule has 2 nitrogen and oxygen atoms in total. The van der Waals surface area contributed by atoms with E-state index in [4.69, 9.17) is 21.8 Å². The fourth-order valence-corrected chi connectivity index (χ4v) is 2.87. The van der Waals surface area contributed by atoms with Gasteiger partial charge in [-0.2, -0.15) is 0 Å². The highest BCUT2D eigenvalue weighted by atomic mass is 35.5. The summed E-state index contributed by atoms with van der Waals surface area (Å²) in [6, 6.07) is 13.7. The lowest BCUT2D eigenvalue weighted by Gasteiger charge is -2.15. The summed E-state index contributed by atoms with van der Waals surface area (Å²) >= 11 is 6.26. The molecule has 20 heavy (non-hydrogen) atoms. The molecule has 3 heteroatoms. The van der Waals surface area contributed by atoms with Crippen LogP contribution in [0.3, 0.4) is 0 Å². The molecule has 0 amide bonds. The van der Waals surface area contributed by atoms with Gasteiger partial charge in [0, 0.05) is 22.4 Å². The molecule has 2 N–H and O–H groups in total. The summed E-state index contributed by atoms with van der Waals surface area (Å²) in [6.45, 7) is 2.06. The average Bonchev–Trinajstić information content (AvgIpc) is 2.96. The van der Waals surface area contributed by atoms with Crippen LogP contribution in [0.1, 0.15) is 29.9 Å². The van der Waals surface area contributed by atoms with Gasteiger partial charge in [-0.05, 0) is 23.1 Å². The lowest BCUT2D eigenvalue weighted by molar-refractivity contribution is 0.509. The van der Waals surface area contributed by atoms with Gasteiger partial charge >= 0.3 is 0 Å². The number of nitrogens with two attached hydrogens (primary N) is 1. The second kappa shape index (κ2) is 5.31. The molecule has 0 fully saturated rings. The molecule has 1 atom stereocenters. The second-order valence-electron chi connectivity index (χ2n) is 4.81. The maximum Gasteiger partial charge on any atom is 0.108 e. The Bertz CT molecular complexity index is 748. The van der Waals surface area contributed by atoms with E-state index in [2.05, 4.69) is 13.0 Å². The predicted molar refractivity (Wildman–Crippen MR) is 83.1 cm³/mol. The SMILES string of the molecule is CCc1occc1C(N)c1ccc(Cl)c2ccccc12. The van der Waals surface area contributed by atoms with Crippen LogP contribution in [0, 0.1) is 0 Å². The zero-order chi connectivity index (χ0) is 14.1. The van der Waals surface area contributed by atoms with Crippen molar-refractivity contribution in [3.63, 3.8) is 0 Å². The first kappa shape index (κ1) is 13.2. The molecule has 0 aliphatic rings. The van der Waals surface area contributed by atoms with E-state index in [1.807, 2.05) is 36.4 Å². The molecule has 1 unspecified atom stereocenters. The number of hydrogen-bond donors (Lipinski definition) is 1. The Hall–Kier alpha value is -1.77. The number of fused-ring (bicyclic) bond motifs is 1. The summed E-state index contributed by atoms with van der Waals surface area (Å²) in [5.74, 6) is 0.941. The van der Waals surface area contributed by atoms with E-state index in [1.54, 1.807) is 6.26 Å². The fraction of sp³-hybridized carbons (Fsp3) is 0.176. The van der Waals surface area contributed by atoms with Crippen LogP contribution in [0.15, 0.2) is 53.1 Å². The molecule has 0 bridgehead atoms. The van der Waals surface area contributed by atoms with Crippen LogP contribution in [-0.4, -0.2) is 0 Å². The molecule has 102 valence electrons. The number of benzene rings is 2. The highest BCUT2D eigenvalue weighted by molar-refractivity contribution is 6.35. The number of hydrogen-bond acceptors (Lipinski definition) is 2. The Kier molecular flexibility index (Phi) is 3.51. The number of furan rings is 1. The van der Waals surface area contributed by atoms with Crippen LogP contribution < -0.4 is 5.73 Å². The van der Waals surface area contributed by atoms with Crippen LogP contribution in [0.2, 0.25) is 5.02 Å². The van der Waals surface area contributed by atoms with E-state index in [-0.39, 0.29) is 6.04 Å². The molecule has 1 aromatic heterocycles. The largest absolute Gasteiger partial charge is 0.469 e. The molecule has 2 aromatic carbocycles. The van der Waals surface area contributed by atoms with E-state index >= 15 is 0 Å². The van der Waals surface area contributed by atoms with Gasteiger partial charge in [-0.1, -0.05) is 48.9 Å². The van der Waals surface area contributed by atoms with Crippen molar-refractivity contribution in [1.82, 2.24) is 0 Å². The predicted octanol–water partition coefficient (Wildman–Crippen LogP) is 4.70. The Balaban J connectivity index is 2.17. The maximum absolute atomic E-state index is 6.45. The second-order valence-corrected chi connectivity index (χ2v) is 5.22. The molecule has 0 spiro atoms. The summed E-state index contributed by atoms with van der Waals surface area (Å²) in [5.41, 5.74) is 8.56. The molecule has 3 aromatic rings. The van der Waals surface area contributed by atoms with Crippen LogP contribution in [0.5, 0.6) is 0 Å². The summed E-state index contributed by atoms with van der Waals surface area (Å²) in [7, 11) is 0. The minimum Gasteiger partial charge on any atom is -0.469 e. The van der Waals surface area contributed by atoms with Gasteiger partial charge in [0.15, 0.2) is 0 Å². The van der Waals surface area contributed by atoms with Gasteiger partial charge in [-0.3, -0.25) is 0 Å². The molecule has 1 heterocycles. The average molecular weight is 286 g/mol. The molecular weight excluding hydrogens is 270 g/mol. The summed E-state index contributed by atoms with van der Waals surface area (Å²) in [6.07, 6.45) is 2.54. The van der Waals surface area contributed by atoms with Crippen molar-refractivity contribution in [2.45, 2.75) is 19.4 Å². The molecule has 0 saturated heterocycles. The smallest absolute Gasteiger partial charge is 0.108 e. The highest BCUT2D eigenvalue weighted by Crippen LogP contribution is 2.33. The molecule has 0 aliphatic heterocycles. The third-order valence-electron chi connectivity index (χ3n) is 3.68. The molecular formula is C17H16ClNO. The van der Waals surface area contributed by atoms with Gasteiger partial charge in [-0.25, -0.2) is 0 Å². The third-order valence-corrected chi connectivity index (χ3v) is 4.01. The van der Waals surface area contributed by atoms with E-state index in [1.165, 1.54) is 0 Å². The van der Waals surface area contributed by atoms with Crippen molar-refractivity contribution in [2.24, 2.45) is 5.73 Å². The van der Waals surface area contributed by atoms with Crippen molar-refractivity contribution in [2.75, 3.05) is 0 Å². The molecule has 0 aliphatic carbocycles. The normalized spacial score (nSPS) is 12.8. The van der Waals surface area contributed by atoms with E-state index in [0.29, 0.717) is 0 Å². The fourth-order valence-electron chi connectivity index (χ4n) is 2.64. The zero-order valence-electron chi connectivity index (χ0n) is 11.3. The van der Waals surface area contributed by atoms with Crippen LogP contribution in [0.4, 0.5) is 0 Å². The van der Waals surface area contributed by atoms with Crippen LogP contribution in [-0.2, 0) is 6.42 Å². The minimum atomic E-state index is -0.203. The van der Waals surface area contributed by atoms with E-state index < -0.39 is 0 Å². The van der Waals surface area contributed by atoms with Crippen molar-refractivity contribution in [3.8, 4) is 0 Å². The van der Waals surface area contributed by atoms with Crippen molar-refractivity contribution in [3.05, 3.63) is 70.6 Å². The molecule has 3 rings (SSSR count). The summed E-state index contributed by atoms with van der Waals surface area (Å²) in [5, 5.41) is 2.87. The van der Waals surface area contributed by atoms with E-state index in [9.17, 15) is 0 Å². The summed E-state index contributed by atoms with van der Waals surface area (Å²) < 4.78 is 5.49. The Morgan fingerprint density at radius 1 is 1.05 bits per heavy atom. The molecule has 0 saturated carbocycles. The van der Waals surface area contributed by atoms with Gasteiger partial charge < -0.3 is 10.2 Å². The minimum absolute atomic E-state index is 0.203. The van der Waals surface area contributed by atoms with Crippen molar-refractivity contribution < 1.29 is 4.42 Å². The van der Waals surface area contributed by atoms with Gasteiger partial charge in [0.05, 0.1) is 12.3 Å². The first-order chi connectivity index (χ1) is 9.72. The first-order valence-electron chi connectivity index (χ1n) is 6.71. The van der Waals surface area contributed by atoms with Crippen molar-refractivity contribution >= 4 is 22.4 Å². The first-order valence-corrected chi connectivity index (χ1v) is 7.09. The van der Waals surface area contributed by atoms with Gasteiger partial charge in [0.2, 0.25) is 0 Å². The Morgan fingerprint density at radius 3 is 2.55 bits per heavy atom. The van der Waals surface area contributed by atoms with Gasteiger partial charge in [0.1, 0.15) is 5.76 Å². The topological polar surface area (TPSA) is 39.2 Å². The number of halogens is 1. The lowest BCUT2D eigenvalue weighted by Crippen LogP contribution is -2.13. The zero-order valence-corrected chi connectivity index (χ0v) is 12.0. The quantitative estimate of drug-likeness (QED) is 0.758. The standard InChI is InChI=1S/C17H16ClNO/c1-2-16-14(9-10-20-16)17(19)13-7-8-15(18)12-6-4-3-5-11(12)13/h3-10,17H,2,19H2,1H3. The molecule has 0 radical (unpaired) electrons. The van der Waals surface area contributed by atoms with Crippen LogP contribution in [0.25, 0.3) is 10.8 Å². The number of aryl methyl sites for hydroxylation is 1. The van der Waals surface area contributed by atoms with Crippen molar-refractivity contribution in [1.29, 1.82) is 0 Å².